The number of rotatable bonds is 0. The van der Waals surface area contributed by atoms with Gasteiger partial charge in [-0.3, -0.25) is 0 Å². The van der Waals surface area contributed by atoms with Crippen molar-refractivity contribution in [3.05, 3.63) is 28.8 Å². The Labute approximate surface area is 95.2 Å². The number of halogens is 1. The van der Waals surface area contributed by atoms with Crippen LogP contribution in [0.5, 0.6) is 0 Å². The maximum absolute atomic E-state index is 6.06. The van der Waals surface area contributed by atoms with Crippen molar-refractivity contribution in [2.75, 3.05) is 18.0 Å². The van der Waals surface area contributed by atoms with Crippen LogP contribution < -0.4 is 10.2 Å². The molecular formula is C12H15ClN2. The van der Waals surface area contributed by atoms with Gasteiger partial charge in [0.15, 0.2) is 0 Å². The molecule has 2 aliphatic rings. The van der Waals surface area contributed by atoms with Crippen LogP contribution in [-0.4, -0.2) is 25.2 Å². The van der Waals surface area contributed by atoms with Gasteiger partial charge in [0.05, 0.1) is 0 Å². The first-order valence-electron chi connectivity index (χ1n) is 5.53. The minimum Gasteiger partial charge on any atom is -0.363 e. The second kappa shape index (κ2) is 3.39. The van der Waals surface area contributed by atoms with Gasteiger partial charge in [0.1, 0.15) is 0 Å². The summed E-state index contributed by atoms with van der Waals surface area (Å²) in [6, 6.07) is 7.48. The summed E-state index contributed by atoms with van der Waals surface area (Å²) in [4.78, 5) is 2.53. The lowest BCUT2D eigenvalue weighted by atomic mass is 10.1. The highest BCUT2D eigenvalue weighted by Crippen LogP contribution is 2.36. The van der Waals surface area contributed by atoms with Crippen LogP contribution in [-0.2, 0) is 6.42 Å². The summed E-state index contributed by atoms with van der Waals surface area (Å²) in [5, 5.41) is 4.33. The molecule has 1 N–H and O–H groups in total. The van der Waals surface area contributed by atoms with E-state index in [0.717, 1.165) is 24.5 Å². The predicted octanol–water partition coefficient (Wildman–Crippen LogP) is 2.06. The molecule has 0 spiro atoms. The molecule has 0 radical (unpaired) electrons. The van der Waals surface area contributed by atoms with Crippen LogP contribution >= 0.6 is 11.6 Å². The maximum atomic E-state index is 6.06. The second-order valence-electron chi connectivity index (χ2n) is 4.55. The van der Waals surface area contributed by atoms with E-state index in [9.17, 15) is 0 Å². The van der Waals surface area contributed by atoms with Crippen LogP contribution in [0.1, 0.15) is 12.5 Å². The predicted molar refractivity (Wildman–Crippen MR) is 63.8 cm³/mol. The summed E-state index contributed by atoms with van der Waals surface area (Å²) in [7, 11) is 0. The van der Waals surface area contributed by atoms with Crippen LogP contribution in [0.25, 0.3) is 0 Å². The van der Waals surface area contributed by atoms with Gasteiger partial charge < -0.3 is 10.2 Å². The zero-order valence-electron chi connectivity index (χ0n) is 8.83. The summed E-state index contributed by atoms with van der Waals surface area (Å²) in [6.45, 7) is 4.44. The Morgan fingerprint density at radius 2 is 2.27 bits per heavy atom. The zero-order chi connectivity index (χ0) is 10.4. The molecule has 0 bridgehead atoms. The zero-order valence-corrected chi connectivity index (χ0v) is 9.59. The van der Waals surface area contributed by atoms with Gasteiger partial charge in [0.25, 0.3) is 0 Å². The van der Waals surface area contributed by atoms with Gasteiger partial charge in [-0.1, -0.05) is 17.7 Å². The van der Waals surface area contributed by atoms with Crippen molar-refractivity contribution >= 4 is 17.3 Å². The Morgan fingerprint density at radius 3 is 3.13 bits per heavy atom. The maximum Gasteiger partial charge on any atom is 0.0459 e. The highest BCUT2D eigenvalue weighted by atomic mass is 35.5. The van der Waals surface area contributed by atoms with Gasteiger partial charge >= 0.3 is 0 Å². The summed E-state index contributed by atoms with van der Waals surface area (Å²) in [6.07, 6.45) is 1.16. The minimum absolute atomic E-state index is 0.573. The van der Waals surface area contributed by atoms with E-state index in [4.69, 9.17) is 11.6 Å². The van der Waals surface area contributed by atoms with Crippen molar-refractivity contribution in [1.82, 2.24) is 5.32 Å². The minimum atomic E-state index is 0.573. The Kier molecular flexibility index (Phi) is 2.15. The molecule has 1 fully saturated rings. The van der Waals surface area contributed by atoms with Crippen molar-refractivity contribution in [1.29, 1.82) is 0 Å². The lowest BCUT2D eigenvalue weighted by Gasteiger charge is -2.38. The number of hydrogen-bond donors (Lipinski definition) is 1. The number of piperazine rings is 1. The van der Waals surface area contributed by atoms with Crippen LogP contribution in [0.4, 0.5) is 5.69 Å². The average Bonchev–Trinajstić information content (AvgIpc) is 2.57. The summed E-state index contributed by atoms with van der Waals surface area (Å²) in [5.74, 6) is 0. The highest BCUT2D eigenvalue weighted by molar-refractivity contribution is 6.30. The molecule has 15 heavy (non-hydrogen) atoms. The molecule has 2 atom stereocenters. The molecule has 0 aliphatic carbocycles. The molecule has 0 amide bonds. The van der Waals surface area contributed by atoms with Crippen molar-refractivity contribution in [3.8, 4) is 0 Å². The average molecular weight is 223 g/mol. The largest absolute Gasteiger partial charge is 0.363 e. The Bertz CT molecular complexity index is 391. The van der Waals surface area contributed by atoms with Crippen LogP contribution in [0.2, 0.25) is 5.02 Å². The molecular weight excluding hydrogens is 208 g/mol. The van der Waals surface area contributed by atoms with E-state index in [1.807, 2.05) is 6.07 Å². The highest BCUT2D eigenvalue weighted by Gasteiger charge is 2.34. The van der Waals surface area contributed by atoms with Crippen molar-refractivity contribution in [3.63, 3.8) is 0 Å². The molecule has 0 unspecified atom stereocenters. The third kappa shape index (κ3) is 1.44. The van der Waals surface area contributed by atoms with Gasteiger partial charge in [-0.15, -0.1) is 0 Å². The van der Waals surface area contributed by atoms with Gasteiger partial charge in [0, 0.05) is 35.9 Å². The number of benzene rings is 1. The van der Waals surface area contributed by atoms with Crippen LogP contribution in [0, 0.1) is 0 Å². The third-order valence-electron chi connectivity index (χ3n) is 3.47. The van der Waals surface area contributed by atoms with E-state index in [0.29, 0.717) is 12.1 Å². The lowest BCUT2D eigenvalue weighted by molar-refractivity contribution is 0.430. The molecule has 0 aromatic heterocycles. The molecule has 2 heterocycles. The molecule has 2 nitrogen and oxygen atoms in total. The lowest BCUT2D eigenvalue weighted by Crippen LogP contribution is -2.54. The van der Waals surface area contributed by atoms with Crippen molar-refractivity contribution < 1.29 is 0 Å². The first-order chi connectivity index (χ1) is 7.25. The van der Waals surface area contributed by atoms with E-state index in [2.05, 4.69) is 29.3 Å². The molecule has 80 valence electrons. The molecule has 1 aromatic carbocycles. The third-order valence-corrected chi connectivity index (χ3v) is 3.70. The fourth-order valence-corrected chi connectivity index (χ4v) is 2.99. The van der Waals surface area contributed by atoms with Gasteiger partial charge in [-0.25, -0.2) is 0 Å². The number of nitrogens with one attached hydrogen (secondary N) is 1. The molecule has 1 aromatic rings. The van der Waals surface area contributed by atoms with Gasteiger partial charge in [-0.2, -0.15) is 0 Å². The van der Waals surface area contributed by atoms with Crippen LogP contribution in [0.3, 0.4) is 0 Å². The normalized spacial score (nSPS) is 28.8. The van der Waals surface area contributed by atoms with E-state index >= 15 is 0 Å². The number of anilines is 1. The van der Waals surface area contributed by atoms with E-state index in [1.165, 1.54) is 11.3 Å². The number of nitrogens with zero attached hydrogens (tertiary/aromatic N) is 1. The topological polar surface area (TPSA) is 15.3 Å². The van der Waals surface area contributed by atoms with E-state index in [1.54, 1.807) is 0 Å². The molecule has 3 heteroatoms. The smallest absolute Gasteiger partial charge is 0.0459 e. The fraction of sp³-hybridized carbons (Fsp3) is 0.500. The fourth-order valence-electron chi connectivity index (χ4n) is 2.82. The molecule has 1 saturated heterocycles. The second-order valence-corrected chi connectivity index (χ2v) is 4.98. The van der Waals surface area contributed by atoms with Crippen LogP contribution in [0.15, 0.2) is 18.2 Å². The SMILES string of the molecule is C[C@@H]1CNC[C@@H]2Cc3ccc(Cl)cc3N21. The first-order valence-corrected chi connectivity index (χ1v) is 5.91. The monoisotopic (exact) mass is 222 g/mol. The first kappa shape index (κ1) is 9.49. The molecule has 3 rings (SSSR count). The standard InChI is InChI=1S/C12H15ClN2/c1-8-6-14-7-11-4-9-2-3-10(13)5-12(9)15(8)11/h2-3,5,8,11,14H,4,6-7H2,1H3/t8-,11+/m1/s1. The number of fused-ring (bicyclic) bond motifs is 3. The Hall–Kier alpha value is -0.730. The Morgan fingerprint density at radius 1 is 1.40 bits per heavy atom. The molecule has 0 saturated carbocycles. The van der Waals surface area contributed by atoms with E-state index < -0.39 is 0 Å². The quantitative estimate of drug-likeness (QED) is 0.723. The summed E-state index contributed by atoms with van der Waals surface area (Å²) in [5.41, 5.74) is 2.79. The van der Waals surface area contributed by atoms with Gasteiger partial charge in [-0.05, 0) is 31.0 Å². The number of hydrogen-bond acceptors (Lipinski definition) is 2. The van der Waals surface area contributed by atoms with E-state index in [-0.39, 0.29) is 0 Å². The van der Waals surface area contributed by atoms with Crippen molar-refractivity contribution in [2.24, 2.45) is 0 Å². The summed E-state index contributed by atoms with van der Waals surface area (Å²) < 4.78 is 0. The van der Waals surface area contributed by atoms with Crippen molar-refractivity contribution in [2.45, 2.75) is 25.4 Å². The Balaban J connectivity index is 2.04. The summed E-state index contributed by atoms with van der Waals surface area (Å²) >= 11 is 6.06. The molecule has 2 aliphatic heterocycles. The van der Waals surface area contributed by atoms with Gasteiger partial charge in [0.2, 0.25) is 0 Å².